The summed E-state index contributed by atoms with van der Waals surface area (Å²) in [6.07, 6.45) is 30.3. The van der Waals surface area contributed by atoms with E-state index in [4.69, 9.17) is 18.5 Å². The number of phosphoric acid groups is 1. The van der Waals surface area contributed by atoms with Gasteiger partial charge in [0.15, 0.2) is 6.10 Å². The lowest BCUT2D eigenvalue weighted by Crippen LogP contribution is -2.64. The molecule has 0 aromatic carbocycles. The molecule has 9 atom stereocenters. The van der Waals surface area contributed by atoms with E-state index in [1.165, 1.54) is 38.5 Å². The number of hydrogen-bond donors (Lipinski definition) is 7. The summed E-state index contributed by atoms with van der Waals surface area (Å²) in [6, 6.07) is 0. The lowest BCUT2D eigenvalue weighted by atomic mass is 9.85. The van der Waals surface area contributed by atoms with Gasteiger partial charge in [-0.15, -0.1) is 0 Å². The van der Waals surface area contributed by atoms with E-state index >= 15 is 0 Å². The second-order valence-electron chi connectivity index (χ2n) is 16.8. The predicted octanol–water partition coefficient (Wildman–Crippen LogP) is 8.70. The van der Waals surface area contributed by atoms with Gasteiger partial charge in [-0.05, 0) is 70.6 Å². The SMILES string of the molecule is CCCCCCCC/C=C\CCCCCCCCCC(=O)O[C@H](COC(=O)CCC/C=C\C/C=C\C/C=C\C/C=C\[C@@H](O)CCCC)COP(=O)(O)OC1[C@H](O)[C@H](O)C(O)[C@H](O)[C@H]1O. The molecule has 1 saturated carbocycles. The van der Waals surface area contributed by atoms with E-state index in [-0.39, 0.29) is 18.9 Å². The molecule has 14 nitrogen and oxygen atoms in total. The minimum Gasteiger partial charge on any atom is -0.462 e. The van der Waals surface area contributed by atoms with Gasteiger partial charge in [-0.1, -0.05) is 152 Å². The van der Waals surface area contributed by atoms with Crippen LogP contribution in [0.4, 0.5) is 0 Å². The van der Waals surface area contributed by atoms with E-state index in [1.54, 1.807) is 0 Å². The molecule has 0 radical (unpaired) electrons. The highest BCUT2D eigenvalue weighted by atomic mass is 31.2. The minimum atomic E-state index is -5.14. The zero-order chi connectivity index (χ0) is 47.3. The third-order valence-corrected chi connectivity index (χ3v) is 11.9. The molecule has 15 heteroatoms. The Morgan fingerprint density at radius 3 is 1.58 bits per heavy atom. The number of esters is 2. The van der Waals surface area contributed by atoms with Crippen LogP contribution in [0.3, 0.4) is 0 Å². The average Bonchev–Trinajstić information content (AvgIpc) is 3.27. The van der Waals surface area contributed by atoms with Crippen molar-refractivity contribution < 1.29 is 68.2 Å². The van der Waals surface area contributed by atoms with Crippen LogP contribution in [0.2, 0.25) is 0 Å². The van der Waals surface area contributed by atoms with Crippen LogP contribution in [0.5, 0.6) is 0 Å². The molecular weight excluding hydrogens is 843 g/mol. The summed E-state index contributed by atoms with van der Waals surface area (Å²) in [4.78, 5) is 35.7. The zero-order valence-corrected chi connectivity index (χ0v) is 39.8. The first-order chi connectivity index (χ1) is 30.8. The molecular formula is C49H85O14P. The first kappa shape index (κ1) is 59.5. The van der Waals surface area contributed by atoms with Crippen molar-refractivity contribution in [1.82, 2.24) is 0 Å². The number of allylic oxidation sites excluding steroid dienone is 9. The molecule has 0 aromatic heterocycles. The third kappa shape index (κ3) is 30.7. The van der Waals surface area contributed by atoms with Crippen molar-refractivity contribution in [2.45, 2.75) is 223 Å². The summed E-state index contributed by atoms with van der Waals surface area (Å²) >= 11 is 0. The summed E-state index contributed by atoms with van der Waals surface area (Å²) < 4.78 is 33.5. The summed E-state index contributed by atoms with van der Waals surface area (Å²) in [5.74, 6) is -1.19. The van der Waals surface area contributed by atoms with E-state index in [0.717, 1.165) is 89.9 Å². The molecule has 1 aliphatic rings. The van der Waals surface area contributed by atoms with Gasteiger partial charge in [0.05, 0.1) is 12.7 Å². The zero-order valence-electron chi connectivity index (χ0n) is 38.9. The third-order valence-electron chi connectivity index (χ3n) is 10.9. The lowest BCUT2D eigenvalue weighted by molar-refractivity contribution is -0.220. The number of hydrogen-bond acceptors (Lipinski definition) is 13. The van der Waals surface area contributed by atoms with E-state index in [1.807, 2.05) is 24.3 Å². The van der Waals surface area contributed by atoms with Gasteiger partial charge in [0.1, 0.15) is 43.2 Å². The highest BCUT2D eigenvalue weighted by Crippen LogP contribution is 2.47. The summed E-state index contributed by atoms with van der Waals surface area (Å²) in [5, 5.41) is 60.0. The highest BCUT2D eigenvalue weighted by Gasteiger charge is 2.51. The Labute approximate surface area is 384 Å². The molecule has 1 fully saturated rings. The summed E-state index contributed by atoms with van der Waals surface area (Å²) in [6.45, 7) is 3.09. The molecule has 0 aliphatic heterocycles. The quantitative estimate of drug-likeness (QED) is 0.0132. The first-order valence-electron chi connectivity index (χ1n) is 24.2. The van der Waals surface area contributed by atoms with Gasteiger partial charge >= 0.3 is 19.8 Å². The molecule has 0 saturated heterocycles. The molecule has 1 rings (SSSR count). The Hall–Kier alpha value is -2.49. The standard InChI is InChI=1S/C49H85O14P/c1-3-5-7-8-9-10-11-12-13-14-15-16-21-24-27-30-33-37-43(52)62-41(39-61-64(58,59)63-49-47(56)45(54)44(53)46(55)48(49)57)38-60-42(51)36-32-29-26-23-20-18-17-19-22-25-28-31-35-40(50)34-6-4-2/h12-13,17-18,22-23,25-26,31,35,40-41,44-50,53-57H,3-11,14-16,19-21,24,27-30,32-34,36-39H2,1-2H3,(H,58,59)/b13-12-,18-17-,25-22-,26-23-,35-31-/t40-,41+,44?,45-,46+,47+,48+,49?/m0/s1. The van der Waals surface area contributed by atoms with Gasteiger partial charge in [0.2, 0.25) is 0 Å². The maximum Gasteiger partial charge on any atom is 0.472 e. The number of carbonyl (C=O) groups is 2. The number of phosphoric ester groups is 1. The normalized spacial score (nSPS) is 22.6. The van der Waals surface area contributed by atoms with Crippen molar-refractivity contribution in [3.63, 3.8) is 0 Å². The fourth-order valence-electron chi connectivity index (χ4n) is 6.94. The molecule has 64 heavy (non-hydrogen) atoms. The highest BCUT2D eigenvalue weighted by molar-refractivity contribution is 7.47. The van der Waals surface area contributed by atoms with Crippen molar-refractivity contribution >= 4 is 19.8 Å². The Kier molecular flexibility index (Phi) is 35.9. The van der Waals surface area contributed by atoms with Crippen LogP contribution < -0.4 is 0 Å². The van der Waals surface area contributed by atoms with Gasteiger partial charge in [-0.3, -0.25) is 18.6 Å². The van der Waals surface area contributed by atoms with Gasteiger partial charge in [-0.25, -0.2) is 4.57 Å². The van der Waals surface area contributed by atoms with Crippen LogP contribution >= 0.6 is 7.82 Å². The van der Waals surface area contributed by atoms with Crippen LogP contribution in [0.15, 0.2) is 60.8 Å². The van der Waals surface area contributed by atoms with Crippen LogP contribution in [0.1, 0.15) is 174 Å². The topological polar surface area (TPSA) is 230 Å². The van der Waals surface area contributed by atoms with Crippen molar-refractivity contribution in [2.24, 2.45) is 0 Å². The van der Waals surface area contributed by atoms with Crippen molar-refractivity contribution in [2.75, 3.05) is 13.2 Å². The first-order valence-corrected chi connectivity index (χ1v) is 25.7. The second-order valence-corrected chi connectivity index (χ2v) is 18.2. The molecule has 0 spiro atoms. The largest absolute Gasteiger partial charge is 0.472 e. The molecule has 0 aromatic rings. The van der Waals surface area contributed by atoms with Crippen LogP contribution in [-0.2, 0) is 32.7 Å². The Morgan fingerprint density at radius 2 is 1.00 bits per heavy atom. The Balaban J connectivity index is 2.50. The maximum absolute atomic E-state index is 12.8. The second kappa shape index (κ2) is 38.6. The molecule has 0 heterocycles. The number of rotatable bonds is 39. The molecule has 3 unspecified atom stereocenters. The number of carbonyl (C=O) groups excluding carboxylic acids is 2. The predicted molar refractivity (Wildman–Crippen MR) is 250 cm³/mol. The van der Waals surface area contributed by atoms with E-state index in [9.17, 15) is 49.7 Å². The monoisotopic (exact) mass is 929 g/mol. The molecule has 0 amide bonds. The van der Waals surface area contributed by atoms with Crippen LogP contribution in [-0.4, -0.2) is 110 Å². The Morgan fingerprint density at radius 1 is 0.547 bits per heavy atom. The average molecular weight is 929 g/mol. The van der Waals surface area contributed by atoms with Gasteiger partial charge in [-0.2, -0.15) is 0 Å². The number of aliphatic hydroxyl groups excluding tert-OH is 6. The Bertz CT molecular complexity index is 1370. The lowest BCUT2D eigenvalue weighted by Gasteiger charge is -2.41. The van der Waals surface area contributed by atoms with Crippen molar-refractivity contribution in [3.05, 3.63) is 60.8 Å². The fraction of sp³-hybridized carbons (Fsp3) is 0.755. The smallest absolute Gasteiger partial charge is 0.462 e. The van der Waals surface area contributed by atoms with Gasteiger partial charge in [0, 0.05) is 12.8 Å². The molecule has 0 bridgehead atoms. The van der Waals surface area contributed by atoms with E-state index < -0.39 is 75.7 Å². The van der Waals surface area contributed by atoms with Gasteiger partial charge in [0.25, 0.3) is 0 Å². The van der Waals surface area contributed by atoms with Crippen LogP contribution in [0, 0.1) is 0 Å². The maximum atomic E-state index is 12.8. The minimum absolute atomic E-state index is 0.0700. The van der Waals surface area contributed by atoms with Crippen molar-refractivity contribution in [1.29, 1.82) is 0 Å². The molecule has 370 valence electrons. The number of aliphatic hydroxyl groups is 6. The van der Waals surface area contributed by atoms with E-state index in [0.29, 0.717) is 19.3 Å². The fourth-order valence-corrected chi connectivity index (χ4v) is 7.91. The van der Waals surface area contributed by atoms with Gasteiger partial charge < -0.3 is 45.0 Å². The van der Waals surface area contributed by atoms with E-state index in [2.05, 4.69) is 50.3 Å². The summed E-state index contributed by atoms with van der Waals surface area (Å²) in [5.41, 5.74) is 0. The summed E-state index contributed by atoms with van der Waals surface area (Å²) in [7, 11) is -5.14. The number of ether oxygens (including phenoxy) is 2. The van der Waals surface area contributed by atoms with Crippen molar-refractivity contribution in [3.8, 4) is 0 Å². The number of unbranched alkanes of at least 4 members (excludes halogenated alkanes) is 15. The molecule has 7 N–H and O–H groups in total. The molecule has 1 aliphatic carbocycles. The van der Waals surface area contributed by atoms with Crippen LogP contribution in [0.25, 0.3) is 0 Å².